The minimum atomic E-state index is -2.27. The maximum atomic E-state index is 13.8. The smallest absolute Gasteiger partial charge is 0.338 e. The molecule has 1 aromatic heterocycles. The van der Waals surface area contributed by atoms with E-state index in [4.69, 9.17) is 18.6 Å². The predicted molar refractivity (Wildman–Crippen MR) is 116 cm³/mol. The minimum Gasteiger partial charge on any atom is -0.489 e. The molecular formula is C25H15F5O6. The van der Waals surface area contributed by atoms with Crippen molar-refractivity contribution in [2.24, 2.45) is 0 Å². The molecule has 186 valence electrons. The summed E-state index contributed by atoms with van der Waals surface area (Å²) in [6.07, 6.45) is 1.03. The molecule has 11 heteroatoms. The molecule has 0 aliphatic heterocycles. The Morgan fingerprint density at radius 3 is 2.11 bits per heavy atom. The fourth-order valence-corrected chi connectivity index (χ4v) is 3.18. The Bertz CT molecular complexity index is 1490. The number of ether oxygens (including phenoxy) is 3. The van der Waals surface area contributed by atoms with E-state index >= 15 is 0 Å². The standard InChI is InChI=1S/C25H15F5O6/c1-2-33-25(32)12-3-5-13(6-4-12)36-18-11-35-17-9-14(7-8-15(17)24(18)31)34-10-16-19(26)21(28)23(30)22(29)20(16)27/h3-9,11H,2,10H2,1H3. The molecule has 0 amide bonds. The third kappa shape index (κ3) is 4.72. The lowest BCUT2D eigenvalue weighted by Gasteiger charge is -2.11. The molecular weight excluding hydrogens is 491 g/mol. The van der Waals surface area contributed by atoms with Crippen LogP contribution in [0.4, 0.5) is 22.0 Å². The van der Waals surface area contributed by atoms with Gasteiger partial charge in [-0.2, -0.15) is 0 Å². The number of benzene rings is 3. The summed E-state index contributed by atoms with van der Waals surface area (Å²) in [6.45, 7) is 0.931. The number of fused-ring (bicyclic) bond motifs is 1. The zero-order valence-corrected chi connectivity index (χ0v) is 18.4. The highest BCUT2D eigenvalue weighted by molar-refractivity contribution is 5.89. The normalized spacial score (nSPS) is 10.9. The summed E-state index contributed by atoms with van der Waals surface area (Å²) in [4.78, 5) is 24.5. The topological polar surface area (TPSA) is 75.0 Å². The van der Waals surface area contributed by atoms with Crippen molar-refractivity contribution in [1.29, 1.82) is 0 Å². The molecule has 0 aliphatic carbocycles. The minimum absolute atomic E-state index is 0.0138. The number of hydrogen-bond acceptors (Lipinski definition) is 6. The van der Waals surface area contributed by atoms with Crippen LogP contribution < -0.4 is 14.9 Å². The molecule has 0 saturated carbocycles. The van der Waals surface area contributed by atoms with Crippen LogP contribution in [0.2, 0.25) is 0 Å². The molecule has 0 unspecified atom stereocenters. The number of carbonyl (C=O) groups is 1. The predicted octanol–water partition coefficient (Wildman–Crippen LogP) is 6.04. The Morgan fingerprint density at radius 1 is 0.861 bits per heavy atom. The molecule has 3 aromatic carbocycles. The largest absolute Gasteiger partial charge is 0.489 e. The van der Waals surface area contributed by atoms with Crippen LogP contribution in [0.5, 0.6) is 17.2 Å². The zero-order valence-electron chi connectivity index (χ0n) is 18.4. The van der Waals surface area contributed by atoms with Gasteiger partial charge in [-0.1, -0.05) is 0 Å². The lowest BCUT2D eigenvalue weighted by molar-refractivity contribution is 0.0526. The highest BCUT2D eigenvalue weighted by atomic mass is 19.2. The van der Waals surface area contributed by atoms with Crippen molar-refractivity contribution >= 4 is 16.9 Å². The van der Waals surface area contributed by atoms with Crippen molar-refractivity contribution in [1.82, 2.24) is 0 Å². The molecule has 36 heavy (non-hydrogen) atoms. The van der Waals surface area contributed by atoms with Gasteiger partial charge in [-0.15, -0.1) is 0 Å². The Kier molecular flexibility index (Phi) is 6.91. The summed E-state index contributed by atoms with van der Waals surface area (Å²) >= 11 is 0. The van der Waals surface area contributed by atoms with Crippen LogP contribution in [-0.2, 0) is 11.3 Å². The van der Waals surface area contributed by atoms with E-state index in [1.807, 2.05) is 0 Å². The van der Waals surface area contributed by atoms with Crippen molar-refractivity contribution in [2.45, 2.75) is 13.5 Å². The first-order valence-corrected chi connectivity index (χ1v) is 10.3. The maximum Gasteiger partial charge on any atom is 0.338 e. The van der Waals surface area contributed by atoms with Crippen molar-refractivity contribution in [3.63, 3.8) is 0 Å². The molecule has 0 atom stereocenters. The van der Waals surface area contributed by atoms with Crippen LogP contribution in [0.1, 0.15) is 22.8 Å². The molecule has 0 bridgehead atoms. The van der Waals surface area contributed by atoms with E-state index in [1.165, 1.54) is 42.5 Å². The molecule has 4 aromatic rings. The van der Waals surface area contributed by atoms with E-state index in [-0.39, 0.29) is 34.8 Å². The van der Waals surface area contributed by atoms with E-state index in [9.17, 15) is 31.5 Å². The SMILES string of the molecule is CCOC(=O)c1ccc(Oc2coc3cc(OCc4c(F)c(F)c(F)c(F)c4F)ccc3c2=O)cc1. The molecule has 1 heterocycles. The second-order valence-corrected chi connectivity index (χ2v) is 7.27. The molecule has 0 radical (unpaired) electrons. The quantitative estimate of drug-likeness (QED) is 0.132. The average Bonchev–Trinajstić information content (AvgIpc) is 2.88. The van der Waals surface area contributed by atoms with Crippen LogP contribution in [0.25, 0.3) is 11.0 Å². The Balaban J connectivity index is 1.53. The number of esters is 1. The summed E-state index contributed by atoms with van der Waals surface area (Å²) in [5, 5.41) is 0.0687. The molecule has 6 nitrogen and oxygen atoms in total. The van der Waals surface area contributed by atoms with Gasteiger partial charge in [0.2, 0.25) is 17.0 Å². The van der Waals surface area contributed by atoms with Crippen LogP contribution >= 0.6 is 0 Å². The highest BCUT2D eigenvalue weighted by Gasteiger charge is 2.26. The van der Waals surface area contributed by atoms with Crippen LogP contribution in [0.3, 0.4) is 0 Å². The van der Waals surface area contributed by atoms with Gasteiger partial charge in [0.25, 0.3) is 0 Å². The third-order valence-electron chi connectivity index (χ3n) is 4.99. The molecule has 0 saturated heterocycles. The van der Waals surface area contributed by atoms with Gasteiger partial charge in [-0.25, -0.2) is 26.7 Å². The summed E-state index contributed by atoms with van der Waals surface area (Å²) < 4.78 is 88.5. The lowest BCUT2D eigenvalue weighted by atomic mass is 10.1. The second-order valence-electron chi connectivity index (χ2n) is 7.27. The van der Waals surface area contributed by atoms with Gasteiger partial charge >= 0.3 is 5.97 Å². The Labute approximate surface area is 199 Å². The van der Waals surface area contributed by atoms with Crippen LogP contribution in [0, 0.1) is 29.1 Å². The number of carbonyl (C=O) groups excluding carboxylic acids is 1. The van der Waals surface area contributed by atoms with Gasteiger partial charge in [0.15, 0.2) is 23.3 Å². The van der Waals surface area contributed by atoms with Crippen molar-refractivity contribution in [3.8, 4) is 17.2 Å². The molecule has 0 aliphatic rings. The molecule has 4 rings (SSSR count). The first-order valence-electron chi connectivity index (χ1n) is 10.3. The first kappa shape index (κ1) is 24.7. The van der Waals surface area contributed by atoms with Gasteiger partial charge in [0.05, 0.1) is 23.1 Å². The number of halogens is 5. The van der Waals surface area contributed by atoms with E-state index in [0.29, 0.717) is 5.56 Å². The Morgan fingerprint density at radius 2 is 1.47 bits per heavy atom. The monoisotopic (exact) mass is 506 g/mol. The summed E-state index contributed by atoms with van der Waals surface area (Å²) in [5.41, 5.74) is -1.39. The van der Waals surface area contributed by atoms with Crippen molar-refractivity contribution < 1.29 is 45.4 Å². The number of hydrogen-bond donors (Lipinski definition) is 0. The summed E-state index contributed by atoms with van der Waals surface area (Å²) in [6, 6.07) is 9.60. The summed E-state index contributed by atoms with van der Waals surface area (Å²) in [5.74, 6) is -10.9. The Hall–Kier alpha value is -4.41. The van der Waals surface area contributed by atoms with Crippen LogP contribution in [0.15, 0.2) is 57.9 Å². The second kappa shape index (κ2) is 10.1. The lowest BCUT2D eigenvalue weighted by Crippen LogP contribution is -2.10. The molecule has 0 fully saturated rings. The van der Waals surface area contributed by atoms with Gasteiger partial charge in [-0.05, 0) is 43.3 Å². The van der Waals surface area contributed by atoms with Gasteiger partial charge < -0.3 is 18.6 Å². The average molecular weight is 506 g/mol. The molecule has 0 N–H and O–H groups in total. The zero-order chi connectivity index (χ0) is 26.0. The van der Waals surface area contributed by atoms with E-state index in [0.717, 1.165) is 6.26 Å². The van der Waals surface area contributed by atoms with Crippen LogP contribution in [-0.4, -0.2) is 12.6 Å². The van der Waals surface area contributed by atoms with Gasteiger partial charge in [0, 0.05) is 6.07 Å². The first-order chi connectivity index (χ1) is 17.2. The van der Waals surface area contributed by atoms with E-state index in [2.05, 4.69) is 0 Å². The van der Waals surface area contributed by atoms with Crippen molar-refractivity contribution in [2.75, 3.05) is 6.61 Å². The molecule has 0 spiro atoms. The van der Waals surface area contributed by atoms with E-state index in [1.54, 1.807) is 6.92 Å². The highest BCUT2D eigenvalue weighted by Crippen LogP contribution is 2.27. The fourth-order valence-electron chi connectivity index (χ4n) is 3.18. The van der Waals surface area contributed by atoms with Crippen molar-refractivity contribution in [3.05, 3.63) is 99.2 Å². The summed E-state index contributed by atoms with van der Waals surface area (Å²) in [7, 11) is 0. The van der Waals surface area contributed by atoms with Gasteiger partial charge in [0.1, 0.15) is 30.0 Å². The third-order valence-corrected chi connectivity index (χ3v) is 4.99. The fraction of sp³-hybridized carbons (Fsp3) is 0.120. The van der Waals surface area contributed by atoms with E-state index < -0.39 is 52.7 Å². The van der Waals surface area contributed by atoms with Gasteiger partial charge in [-0.3, -0.25) is 4.79 Å². The maximum absolute atomic E-state index is 13.8. The number of rotatable bonds is 7.